The molecule has 0 radical (unpaired) electrons. The minimum Gasteiger partial charge on any atom is -0.360 e. The van der Waals surface area contributed by atoms with Crippen LogP contribution in [-0.2, 0) is 4.79 Å². The molecule has 0 fully saturated rings. The Labute approximate surface area is 151 Å². The molecule has 0 aliphatic heterocycles. The van der Waals surface area contributed by atoms with Crippen LogP contribution >= 0.6 is 23.1 Å². The molecule has 3 aromatic rings. The van der Waals surface area contributed by atoms with Gasteiger partial charge in [0, 0.05) is 6.07 Å². The van der Waals surface area contributed by atoms with Crippen LogP contribution in [-0.4, -0.2) is 26.5 Å². The van der Waals surface area contributed by atoms with E-state index in [-0.39, 0.29) is 11.7 Å². The van der Waals surface area contributed by atoms with Gasteiger partial charge in [-0.25, -0.2) is 4.39 Å². The molecule has 7 nitrogen and oxygen atoms in total. The number of aryl methyl sites for hydroxylation is 1. The molecule has 0 saturated heterocycles. The molecule has 1 aromatic carbocycles. The number of aromatic nitrogens is 3. The maximum atomic E-state index is 13.6. The highest BCUT2D eigenvalue weighted by Crippen LogP contribution is 2.31. The third kappa shape index (κ3) is 4.54. The first-order chi connectivity index (χ1) is 12.0. The smallest absolute Gasteiger partial charge is 0.238 e. The van der Waals surface area contributed by atoms with Gasteiger partial charge in [0.2, 0.25) is 11.0 Å². The summed E-state index contributed by atoms with van der Waals surface area (Å²) in [5.41, 5.74) is 0.322. The fourth-order valence-electron chi connectivity index (χ4n) is 1.84. The average molecular weight is 379 g/mol. The average Bonchev–Trinajstić information content (AvgIpc) is 3.18. The molecular weight excluding hydrogens is 365 g/mol. The molecule has 2 aromatic heterocycles. The summed E-state index contributed by atoms with van der Waals surface area (Å²) in [6.07, 6.45) is 0. The van der Waals surface area contributed by atoms with E-state index < -0.39 is 5.25 Å². The fourth-order valence-corrected chi connectivity index (χ4v) is 3.75. The second kappa shape index (κ2) is 7.62. The Balaban J connectivity index is 1.59. The van der Waals surface area contributed by atoms with Crippen molar-refractivity contribution in [3.63, 3.8) is 0 Å². The number of rotatable bonds is 6. The predicted octanol–water partition coefficient (Wildman–Crippen LogP) is 3.84. The first-order valence-electron chi connectivity index (χ1n) is 7.27. The van der Waals surface area contributed by atoms with Crippen LogP contribution in [0.3, 0.4) is 0 Å². The van der Waals surface area contributed by atoms with Gasteiger partial charge in [-0.15, -0.1) is 10.2 Å². The van der Waals surface area contributed by atoms with E-state index in [1.165, 1.54) is 29.2 Å². The van der Waals surface area contributed by atoms with Crippen molar-refractivity contribution in [3.05, 3.63) is 41.9 Å². The Kier molecular flexibility index (Phi) is 5.29. The van der Waals surface area contributed by atoms with E-state index in [1.54, 1.807) is 38.1 Å². The normalized spacial score (nSPS) is 12.0. The van der Waals surface area contributed by atoms with E-state index in [9.17, 15) is 9.18 Å². The Morgan fingerprint density at radius 2 is 2.16 bits per heavy atom. The van der Waals surface area contributed by atoms with Gasteiger partial charge in [0.1, 0.15) is 11.6 Å². The second-order valence-corrected chi connectivity index (χ2v) is 7.62. The monoisotopic (exact) mass is 379 g/mol. The number of para-hydroxylation sites is 1. The number of anilines is 3. The van der Waals surface area contributed by atoms with E-state index in [4.69, 9.17) is 4.52 Å². The molecule has 130 valence electrons. The van der Waals surface area contributed by atoms with Crippen LogP contribution in [0.1, 0.15) is 12.7 Å². The van der Waals surface area contributed by atoms with Crippen molar-refractivity contribution < 1.29 is 13.7 Å². The minimum absolute atomic E-state index is 0.225. The third-order valence-corrected chi connectivity index (χ3v) is 5.07. The zero-order chi connectivity index (χ0) is 17.8. The highest BCUT2D eigenvalue weighted by molar-refractivity contribution is 8.02. The number of benzene rings is 1. The van der Waals surface area contributed by atoms with Gasteiger partial charge in [0.25, 0.3) is 0 Å². The number of amides is 1. The van der Waals surface area contributed by atoms with E-state index in [2.05, 4.69) is 26.0 Å². The largest absolute Gasteiger partial charge is 0.360 e. The number of halogens is 1. The van der Waals surface area contributed by atoms with Gasteiger partial charge in [-0.3, -0.25) is 4.79 Å². The van der Waals surface area contributed by atoms with Gasteiger partial charge < -0.3 is 15.2 Å². The van der Waals surface area contributed by atoms with Gasteiger partial charge in [-0.2, -0.15) is 0 Å². The van der Waals surface area contributed by atoms with Crippen molar-refractivity contribution in [1.29, 1.82) is 0 Å². The first-order valence-corrected chi connectivity index (χ1v) is 8.97. The van der Waals surface area contributed by atoms with Crippen molar-refractivity contribution in [3.8, 4) is 0 Å². The Morgan fingerprint density at radius 3 is 2.88 bits per heavy atom. The molecule has 0 aliphatic rings. The van der Waals surface area contributed by atoms with E-state index in [1.807, 2.05) is 0 Å². The van der Waals surface area contributed by atoms with Crippen LogP contribution in [0.15, 0.2) is 39.2 Å². The zero-order valence-electron chi connectivity index (χ0n) is 13.3. The van der Waals surface area contributed by atoms with Crippen molar-refractivity contribution in [2.24, 2.45) is 0 Å². The Morgan fingerprint density at radius 1 is 1.36 bits per heavy atom. The standard InChI is InChI=1S/C15H14FN5O2S2/c1-8-7-12(21-23-8)18-13(22)9(2)24-15-20-19-14(25-15)17-11-6-4-3-5-10(11)16/h3-7,9H,1-2H3,(H,17,19)(H,18,21,22)/t9-/m0/s1. The molecule has 0 aliphatic carbocycles. The number of thioether (sulfide) groups is 1. The number of nitrogens with zero attached hydrogens (tertiary/aromatic N) is 3. The first kappa shape index (κ1) is 17.4. The number of hydrogen-bond acceptors (Lipinski definition) is 8. The van der Waals surface area contributed by atoms with Crippen molar-refractivity contribution in [2.45, 2.75) is 23.4 Å². The molecule has 0 spiro atoms. The Bertz CT molecular complexity index is 882. The van der Waals surface area contributed by atoms with Gasteiger partial charge in [0.15, 0.2) is 10.2 Å². The number of carbonyl (C=O) groups excluding carboxylic acids is 1. The van der Waals surface area contributed by atoms with Gasteiger partial charge >= 0.3 is 0 Å². The maximum absolute atomic E-state index is 13.6. The molecule has 10 heteroatoms. The highest BCUT2D eigenvalue weighted by Gasteiger charge is 2.18. The van der Waals surface area contributed by atoms with Crippen LogP contribution < -0.4 is 10.6 Å². The van der Waals surface area contributed by atoms with E-state index in [0.717, 1.165) is 0 Å². The summed E-state index contributed by atoms with van der Waals surface area (Å²) in [6, 6.07) is 7.94. The van der Waals surface area contributed by atoms with Crippen molar-refractivity contribution in [2.75, 3.05) is 10.6 Å². The van der Waals surface area contributed by atoms with Crippen molar-refractivity contribution in [1.82, 2.24) is 15.4 Å². The van der Waals surface area contributed by atoms with Gasteiger partial charge in [-0.05, 0) is 26.0 Å². The lowest BCUT2D eigenvalue weighted by atomic mass is 10.3. The SMILES string of the molecule is Cc1cc(NC(=O)[C@H](C)Sc2nnc(Nc3ccccc3F)s2)no1. The van der Waals surface area contributed by atoms with Crippen LogP contribution in [0.5, 0.6) is 0 Å². The molecule has 0 saturated carbocycles. The number of nitrogens with one attached hydrogen (secondary N) is 2. The van der Waals surface area contributed by atoms with Gasteiger partial charge in [0.05, 0.1) is 10.9 Å². The van der Waals surface area contributed by atoms with Gasteiger partial charge in [-0.1, -0.05) is 40.4 Å². The zero-order valence-corrected chi connectivity index (χ0v) is 14.9. The maximum Gasteiger partial charge on any atom is 0.238 e. The summed E-state index contributed by atoms with van der Waals surface area (Å²) < 4.78 is 19.1. The highest BCUT2D eigenvalue weighted by atomic mass is 32.2. The predicted molar refractivity (Wildman–Crippen MR) is 94.8 cm³/mol. The summed E-state index contributed by atoms with van der Waals surface area (Å²) in [4.78, 5) is 12.1. The fraction of sp³-hybridized carbons (Fsp3) is 0.200. The van der Waals surface area contributed by atoms with Crippen molar-refractivity contribution >= 4 is 45.6 Å². The molecule has 2 N–H and O–H groups in total. The number of carbonyl (C=O) groups is 1. The molecule has 0 unspecified atom stereocenters. The molecule has 3 rings (SSSR count). The lowest BCUT2D eigenvalue weighted by Gasteiger charge is -2.07. The van der Waals surface area contributed by atoms with Crippen LogP contribution in [0.25, 0.3) is 0 Å². The van der Waals surface area contributed by atoms with E-state index in [0.29, 0.717) is 26.7 Å². The summed E-state index contributed by atoms with van der Waals surface area (Å²) in [6.45, 7) is 3.49. The molecule has 0 bridgehead atoms. The lowest BCUT2D eigenvalue weighted by molar-refractivity contribution is -0.115. The van der Waals surface area contributed by atoms with Crippen LogP contribution in [0, 0.1) is 12.7 Å². The van der Waals surface area contributed by atoms with Crippen LogP contribution in [0.4, 0.5) is 21.0 Å². The minimum atomic E-state index is -0.411. The number of hydrogen-bond donors (Lipinski definition) is 2. The molecule has 2 heterocycles. The summed E-state index contributed by atoms with van der Waals surface area (Å²) in [7, 11) is 0. The molecule has 1 atom stereocenters. The quantitative estimate of drug-likeness (QED) is 0.629. The second-order valence-electron chi connectivity index (χ2n) is 5.05. The third-order valence-electron chi connectivity index (χ3n) is 3.05. The summed E-state index contributed by atoms with van der Waals surface area (Å²) in [5, 5.41) is 17.3. The summed E-state index contributed by atoms with van der Waals surface area (Å²) in [5.74, 6) is 0.386. The van der Waals surface area contributed by atoms with Crippen LogP contribution in [0.2, 0.25) is 0 Å². The topological polar surface area (TPSA) is 92.9 Å². The van der Waals surface area contributed by atoms with E-state index >= 15 is 0 Å². The molecular formula is C15H14FN5O2S2. The molecule has 25 heavy (non-hydrogen) atoms. The summed E-state index contributed by atoms with van der Waals surface area (Å²) >= 11 is 2.50. The lowest BCUT2D eigenvalue weighted by Crippen LogP contribution is -2.22. The Hall–Kier alpha value is -2.46. The molecule has 1 amide bonds.